The molecule has 0 fully saturated rings. The number of hydrogen-bond acceptors (Lipinski definition) is 5. The zero-order valence-electron chi connectivity index (χ0n) is 18.3. The molecule has 1 aromatic heterocycles. The van der Waals surface area contributed by atoms with E-state index in [4.69, 9.17) is 9.47 Å². The topological polar surface area (TPSA) is 96.5 Å². The molecule has 0 unspecified atom stereocenters. The van der Waals surface area contributed by atoms with Gasteiger partial charge in [-0.25, -0.2) is 9.98 Å². The SMILES string of the molecule is CCNC(=NCc1cccc(-c2ncn[nH]2)c1)NCc1cccc(OCC)c1OC(F)F.I. The number of H-pyrrole nitrogens is 1. The first-order chi connectivity index (χ1) is 15.6. The molecule has 33 heavy (non-hydrogen) atoms. The van der Waals surface area contributed by atoms with Crippen LogP contribution in [0.2, 0.25) is 0 Å². The Morgan fingerprint density at radius 1 is 1.15 bits per heavy atom. The van der Waals surface area contributed by atoms with E-state index in [9.17, 15) is 8.78 Å². The van der Waals surface area contributed by atoms with Crippen LogP contribution >= 0.6 is 24.0 Å². The van der Waals surface area contributed by atoms with Crippen molar-refractivity contribution in [2.24, 2.45) is 4.99 Å². The maximum Gasteiger partial charge on any atom is 0.387 e. The number of aliphatic imine (C=N–C) groups is 1. The third-order valence-corrected chi connectivity index (χ3v) is 4.39. The van der Waals surface area contributed by atoms with Crippen LogP contribution in [-0.4, -0.2) is 40.9 Å². The van der Waals surface area contributed by atoms with Crippen LogP contribution in [0.15, 0.2) is 53.8 Å². The minimum absolute atomic E-state index is 0. The van der Waals surface area contributed by atoms with Gasteiger partial charge in [0.2, 0.25) is 0 Å². The summed E-state index contributed by atoms with van der Waals surface area (Å²) in [4.78, 5) is 8.76. The van der Waals surface area contributed by atoms with E-state index in [-0.39, 0.29) is 42.0 Å². The predicted molar refractivity (Wildman–Crippen MR) is 133 cm³/mol. The zero-order chi connectivity index (χ0) is 22.8. The van der Waals surface area contributed by atoms with E-state index in [0.29, 0.717) is 37.0 Å². The minimum Gasteiger partial charge on any atom is -0.490 e. The van der Waals surface area contributed by atoms with E-state index in [1.807, 2.05) is 31.2 Å². The Kier molecular flexibility index (Phi) is 10.8. The van der Waals surface area contributed by atoms with E-state index < -0.39 is 6.61 Å². The van der Waals surface area contributed by atoms with Crippen molar-refractivity contribution in [3.05, 3.63) is 59.9 Å². The number of hydrogen-bond donors (Lipinski definition) is 3. The van der Waals surface area contributed by atoms with Crippen molar-refractivity contribution in [3.63, 3.8) is 0 Å². The molecule has 0 aliphatic carbocycles. The summed E-state index contributed by atoms with van der Waals surface area (Å²) in [6.45, 7) is 2.40. The molecule has 0 atom stereocenters. The lowest BCUT2D eigenvalue weighted by Crippen LogP contribution is -2.36. The van der Waals surface area contributed by atoms with Gasteiger partial charge in [0.15, 0.2) is 23.3 Å². The van der Waals surface area contributed by atoms with E-state index in [0.717, 1.165) is 11.1 Å². The number of rotatable bonds is 10. The Bertz CT molecular complexity index is 1020. The Morgan fingerprint density at radius 3 is 2.67 bits per heavy atom. The summed E-state index contributed by atoms with van der Waals surface area (Å²) in [5.74, 6) is 1.52. The third-order valence-electron chi connectivity index (χ3n) is 4.39. The molecule has 11 heteroatoms. The summed E-state index contributed by atoms with van der Waals surface area (Å²) < 4.78 is 36.0. The van der Waals surface area contributed by atoms with Crippen molar-refractivity contribution in [2.75, 3.05) is 13.2 Å². The van der Waals surface area contributed by atoms with Crippen LogP contribution in [0.4, 0.5) is 8.78 Å². The first kappa shape index (κ1) is 26.3. The van der Waals surface area contributed by atoms with Gasteiger partial charge < -0.3 is 20.1 Å². The highest BCUT2D eigenvalue weighted by molar-refractivity contribution is 14.0. The lowest BCUT2D eigenvalue weighted by Gasteiger charge is -2.17. The van der Waals surface area contributed by atoms with Gasteiger partial charge in [-0.15, -0.1) is 24.0 Å². The standard InChI is InChI=1S/C22H26F2N6O2.HI/c1-3-25-22(26-12-15-7-5-8-16(11-15)20-28-14-29-30-20)27-13-17-9-6-10-18(31-4-2)19(17)32-21(23)24;/h5-11,14,21H,3-4,12-13H2,1-2H3,(H2,25,26,27)(H,28,29,30);1H. The van der Waals surface area contributed by atoms with E-state index >= 15 is 0 Å². The average molecular weight is 572 g/mol. The number of guanidine groups is 1. The molecule has 0 bridgehead atoms. The van der Waals surface area contributed by atoms with Crippen LogP contribution < -0.4 is 20.1 Å². The second kappa shape index (κ2) is 13.6. The molecular weight excluding hydrogens is 545 g/mol. The van der Waals surface area contributed by atoms with Crippen LogP contribution in [0.3, 0.4) is 0 Å². The van der Waals surface area contributed by atoms with Gasteiger partial charge in [-0.3, -0.25) is 5.10 Å². The predicted octanol–water partition coefficient (Wildman–Crippen LogP) is 4.35. The maximum absolute atomic E-state index is 12.9. The molecule has 0 saturated heterocycles. The highest BCUT2D eigenvalue weighted by Crippen LogP contribution is 2.32. The Labute approximate surface area is 208 Å². The normalized spacial score (nSPS) is 11.1. The van der Waals surface area contributed by atoms with E-state index in [1.54, 1.807) is 25.1 Å². The summed E-state index contributed by atoms with van der Waals surface area (Å²) in [6.07, 6.45) is 1.46. The number of benzene rings is 2. The molecule has 2 aromatic carbocycles. The van der Waals surface area contributed by atoms with Crippen molar-refractivity contribution in [1.29, 1.82) is 0 Å². The maximum atomic E-state index is 12.9. The van der Waals surface area contributed by atoms with Crippen molar-refractivity contribution in [2.45, 2.75) is 33.5 Å². The molecule has 178 valence electrons. The molecule has 0 aliphatic heterocycles. The number of ether oxygens (including phenoxy) is 2. The van der Waals surface area contributed by atoms with E-state index in [1.165, 1.54) is 6.33 Å². The second-order valence-corrected chi connectivity index (χ2v) is 6.64. The van der Waals surface area contributed by atoms with Crippen molar-refractivity contribution >= 4 is 29.9 Å². The number of nitrogens with zero attached hydrogens (tertiary/aromatic N) is 3. The van der Waals surface area contributed by atoms with Crippen molar-refractivity contribution in [3.8, 4) is 22.9 Å². The lowest BCUT2D eigenvalue weighted by atomic mass is 10.1. The van der Waals surface area contributed by atoms with Crippen LogP contribution in [0, 0.1) is 0 Å². The summed E-state index contributed by atoms with van der Waals surface area (Å²) >= 11 is 0. The Balaban J connectivity index is 0.00000385. The average Bonchev–Trinajstić information content (AvgIpc) is 3.32. The second-order valence-electron chi connectivity index (χ2n) is 6.64. The number of halogens is 3. The molecule has 1 heterocycles. The number of aromatic nitrogens is 3. The van der Waals surface area contributed by atoms with Crippen molar-refractivity contribution < 1.29 is 18.3 Å². The fraction of sp³-hybridized carbons (Fsp3) is 0.318. The van der Waals surface area contributed by atoms with Gasteiger partial charge in [-0.1, -0.05) is 30.3 Å². The molecule has 3 aromatic rings. The molecule has 0 aliphatic rings. The van der Waals surface area contributed by atoms with Crippen LogP contribution in [0.25, 0.3) is 11.4 Å². The molecule has 0 amide bonds. The van der Waals surface area contributed by atoms with Gasteiger partial charge in [-0.05, 0) is 31.5 Å². The van der Waals surface area contributed by atoms with Gasteiger partial charge in [0.25, 0.3) is 0 Å². The Morgan fingerprint density at radius 2 is 1.97 bits per heavy atom. The third kappa shape index (κ3) is 7.84. The van der Waals surface area contributed by atoms with Gasteiger partial charge in [-0.2, -0.15) is 13.9 Å². The van der Waals surface area contributed by atoms with Crippen molar-refractivity contribution in [1.82, 2.24) is 25.8 Å². The largest absolute Gasteiger partial charge is 0.490 e. The molecular formula is C22H27F2IN6O2. The van der Waals surface area contributed by atoms with Gasteiger partial charge >= 0.3 is 6.61 Å². The highest BCUT2D eigenvalue weighted by atomic mass is 127. The molecule has 0 saturated carbocycles. The van der Waals surface area contributed by atoms with Crippen LogP contribution in [-0.2, 0) is 13.1 Å². The minimum atomic E-state index is -2.95. The molecule has 0 radical (unpaired) electrons. The molecule has 0 spiro atoms. The Hall–Kier alpha value is -2.96. The molecule has 3 N–H and O–H groups in total. The fourth-order valence-electron chi connectivity index (χ4n) is 3.05. The smallest absolute Gasteiger partial charge is 0.387 e. The first-order valence-corrected chi connectivity index (χ1v) is 10.3. The summed E-state index contributed by atoms with van der Waals surface area (Å²) in [5, 5.41) is 13.0. The van der Waals surface area contributed by atoms with Gasteiger partial charge in [0.05, 0.1) is 13.2 Å². The zero-order valence-corrected chi connectivity index (χ0v) is 20.7. The van der Waals surface area contributed by atoms with E-state index in [2.05, 4.69) is 30.8 Å². The monoisotopic (exact) mass is 572 g/mol. The number of aromatic amines is 1. The highest BCUT2D eigenvalue weighted by Gasteiger charge is 2.16. The quantitative estimate of drug-likeness (QED) is 0.190. The first-order valence-electron chi connectivity index (χ1n) is 10.3. The van der Waals surface area contributed by atoms with Crippen LogP contribution in [0.5, 0.6) is 11.5 Å². The number of alkyl halides is 2. The molecule has 8 nitrogen and oxygen atoms in total. The summed E-state index contributed by atoms with van der Waals surface area (Å²) in [5.41, 5.74) is 2.43. The summed E-state index contributed by atoms with van der Waals surface area (Å²) in [7, 11) is 0. The molecule has 3 rings (SSSR count). The number of nitrogens with one attached hydrogen (secondary N) is 3. The lowest BCUT2D eigenvalue weighted by molar-refractivity contribution is -0.0520. The van der Waals surface area contributed by atoms with Crippen LogP contribution in [0.1, 0.15) is 25.0 Å². The van der Waals surface area contributed by atoms with Gasteiger partial charge in [0, 0.05) is 24.2 Å². The summed E-state index contributed by atoms with van der Waals surface area (Å²) in [6, 6.07) is 12.9. The fourth-order valence-corrected chi connectivity index (χ4v) is 3.05. The number of para-hydroxylation sites is 1. The van der Waals surface area contributed by atoms with Gasteiger partial charge in [0.1, 0.15) is 6.33 Å².